The van der Waals surface area contributed by atoms with E-state index < -0.39 is 57.5 Å². The van der Waals surface area contributed by atoms with Gasteiger partial charge in [-0.05, 0) is 13.8 Å². The largest absolute Gasteiger partial charge is 0.487 e. The summed E-state index contributed by atoms with van der Waals surface area (Å²) in [5.74, 6) is -12.6. The van der Waals surface area contributed by atoms with Crippen molar-refractivity contribution in [1.29, 1.82) is 0 Å². The Bertz CT molecular complexity index is 696. The second-order valence-corrected chi connectivity index (χ2v) is 4.25. The monoisotopic (exact) mass is 293 g/mol. The molecular weight excluding hydrogens is 286 g/mol. The highest BCUT2D eigenvalue weighted by molar-refractivity contribution is 5.85. The van der Waals surface area contributed by atoms with Gasteiger partial charge in [0.25, 0.3) is 0 Å². The highest BCUT2D eigenvalue weighted by Gasteiger charge is 2.27. The van der Waals surface area contributed by atoms with Gasteiger partial charge in [-0.2, -0.15) is 4.39 Å². The Labute approximate surface area is 109 Å². The molecule has 20 heavy (non-hydrogen) atoms. The molecule has 0 heterocycles. The second kappa shape index (κ2) is 4.88. The van der Waals surface area contributed by atoms with Crippen LogP contribution in [-0.4, -0.2) is 6.10 Å². The average molecular weight is 293 g/mol. The molecule has 0 aliphatic heterocycles. The number of hydrogen-bond donors (Lipinski definition) is 0. The third kappa shape index (κ3) is 2.07. The predicted octanol–water partition coefficient (Wildman–Crippen LogP) is 4.26. The summed E-state index contributed by atoms with van der Waals surface area (Å²) >= 11 is 0. The van der Waals surface area contributed by atoms with Crippen molar-refractivity contribution in [2.45, 2.75) is 20.0 Å². The Morgan fingerprint density at radius 2 is 1.25 bits per heavy atom. The van der Waals surface area contributed by atoms with Crippen LogP contribution < -0.4 is 4.74 Å². The summed E-state index contributed by atoms with van der Waals surface area (Å²) in [4.78, 5) is 0. The third-order valence-electron chi connectivity index (χ3n) is 2.47. The lowest BCUT2D eigenvalue weighted by Gasteiger charge is -2.13. The Balaban J connectivity index is 2.91. The number of benzene rings is 2. The molecule has 0 aromatic heterocycles. The zero-order chi connectivity index (χ0) is 15.2. The van der Waals surface area contributed by atoms with E-state index in [1.807, 2.05) is 6.07 Å². The standard InChI is InChI=1S/C13H7F6O/c1-4(2)20-6-3-5-7(10(16)9(6)15)11(17)13(19)12(18)8(5)14/h4H,1-2H3. The van der Waals surface area contributed by atoms with E-state index in [9.17, 15) is 26.3 Å². The average Bonchev–Trinajstić information content (AvgIpc) is 2.38. The van der Waals surface area contributed by atoms with Crippen molar-refractivity contribution < 1.29 is 31.1 Å². The van der Waals surface area contributed by atoms with Crippen molar-refractivity contribution in [3.8, 4) is 5.75 Å². The second-order valence-electron chi connectivity index (χ2n) is 4.25. The molecule has 0 atom stereocenters. The number of halogens is 6. The van der Waals surface area contributed by atoms with Gasteiger partial charge in [-0.3, -0.25) is 0 Å². The lowest BCUT2D eigenvalue weighted by Crippen LogP contribution is -2.09. The Kier molecular flexibility index (Phi) is 3.54. The summed E-state index contributed by atoms with van der Waals surface area (Å²) < 4.78 is 85.1. The molecule has 0 amide bonds. The highest BCUT2D eigenvalue weighted by Crippen LogP contribution is 2.34. The fourth-order valence-corrected chi connectivity index (χ4v) is 1.65. The van der Waals surface area contributed by atoms with Gasteiger partial charge in [-0.1, -0.05) is 0 Å². The fraction of sp³-hybridized carbons (Fsp3) is 0.231. The lowest BCUT2D eigenvalue weighted by atomic mass is 10.1. The van der Waals surface area contributed by atoms with E-state index >= 15 is 0 Å². The van der Waals surface area contributed by atoms with E-state index in [2.05, 4.69) is 0 Å². The van der Waals surface area contributed by atoms with Crippen LogP contribution in [0.25, 0.3) is 10.8 Å². The number of ether oxygens (including phenoxy) is 1. The van der Waals surface area contributed by atoms with Crippen LogP contribution in [0.4, 0.5) is 26.3 Å². The molecule has 2 aromatic carbocycles. The molecule has 1 nitrogen and oxygen atoms in total. The minimum atomic E-state index is -2.22. The van der Waals surface area contributed by atoms with E-state index in [0.29, 0.717) is 0 Å². The SMILES string of the molecule is CC(C)Oc1[c]c2c(F)c(F)c(F)c(F)c2c(F)c1F. The quantitative estimate of drug-likeness (QED) is 0.456. The smallest absolute Gasteiger partial charge is 0.202 e. The molecule has 7 heteroatoms. The van der Waals surface area contributed by atoms with Gasteiger partial charge in [0.2, 0.25) is 5.82 Å². The minimum Gasteiger partial charge on any atom is -0.487 e. The van der Waals surface area contributed by atoms with Gasteiger partial charge >= 0.3 is 0 Å². The maximum absolute atomic E-state index is 13.7. The van der Waals surface area contributed by atoms with Gasteiger partial charge in [0.15, 0.2) is 34.8 Å². The van der Waals surface area contributed by atoms with Crippen molar-refractivity contribution in [1.82, 2.24) is 0 Å². The summed E-state index contributed by atoms with van der Waals surface area (Å²) in [5, 5.41) is -2.41. The summed E-state index contributed by atoms with van der Waals surface area (Å²) in [6.07, 6.45) is -0.615. The van der Waals surface area contributed by atoms with Crippen LogP contribution in [0.15, 0.2) is 0 Å². The predicted molar refractivity (Wildman–Crippen MR) is 58.3 cm³/mol. The van der Waals surface area contributed by atoms with Crippen LogP contribution >= 0.6 is 0 Å². The molecule has 1 radical (unpaired) electrons. The Morgan fingerprint density at radius 1 is 0.750 bits per heavy atom. The molecule has 0 N–H and O–H groups in total. The van der Waals surface area contributed by atoms with Crippen molar-refractivity contribution >= 4 is 10.8 Å². The molecule has 107 valence electrons. The first-order valence-corrected chi connectivity index (χ1v) is 5.48. The van der Waals surface area contributed by atoms with Gasteiger partial charge < -0.3 is 4.74 Å². The zero-order valence-electron chi connectivity index (χ0n) is 10.3. The molecule has 0 saturated heterocycles. The molecule has 0 unspecified atom stereocenters. The van der Waals surface area contributed by atoms with Gasteiger partial charge in [-0.25, -0.2) is 22.0 Å². The topological polar surface area (TPSA) is 9.23 Å². The van der Waals surface area contributed by atoms with Crippen molar-refractivity contribution in [2.75, 3.05) is 0 Å². The Morgan fingerprint density at radius 3 is 1.80 bits per heavy atom. The van der Waals surface area contributed by atoms with E-state index in [1.54, 1.807) is 0 Å². The number of hydrogen-bond acceptors (Lipinski definition) is 1. The summed E-state index contributed by atoms with van der Waals surface area (Å²) in [5.41, 5.74) is 0. The number of rotatable bonds is 2. The Hall–Kier alpha value is -1.92. The zero-order valence-corrected chi connectivity index (χ0v) is 10.3. The van der Waals surface area contributed by atoms with E-state index in [-0.39, 0.29) is 0 Å². The first-order valence-electron chi connectivity index (χ1n) is 5.48. The lowest BCUT2D eigenvalue weighted by molar-refractivity contribution is 0.228. The molecule has 2 aromatic rings. The van der Waals surface area contributed by atoms with E-state index in [1.165, 1.54) is 13.8 Å². The summed E-state index contributed by atoms with van der Waals surface area (Å²) in [6, 6.07) is 1.89. The normalized spacial score (nSPS) is 11.4. The van der Waals surface area contributed by atoms with Crippen molar-refractivity contribution in [2.24, 2.45) is 0 Å². The van der Waals surface area contributed by atoms with Gasteiger partial charge in [0.1, 0.15) is 0 Å². The molecule has 2 rings (SSSR count). The highest BCUT2D eigenvalue weighted by atomic mass is 19.2. The molecule has 0 aliphatic carbocycles. The number of fused-ring (bicyclic) bond motifs is 1. The van der Waals surface area contributed by atoms with Gasteiger partial charge in [0.05, 0.1) is 11.5 Å². The van der Waals surface area contributed by atoms with Gasteiger partial charge in [-0.15, -0.1) is 0 Å². The molecular formula is C13H7F6O. The van der Waals surface area contributed by atoms with Crippen LogP contribution in [0.1, 0.15) is 13.8 Å². The van der Waals surface area contributed by atoms with Crippen LogP contribution in [0.5, 0.6) is 5.75 Å². The van der Waals surface area contributed by atoms with Crippen LogP contribution in [-0.2, 0) is 0 Å². The molecule has 0 saturated carbocycles. The maximum atomic E-state index is 13.7. The van der Waals surface area contributed by atoms with Crippen LogP contribution in [0, 0.1) is 41.0 Å². The molecule has 0 spiro atoms. The minimum absolute atomic E-state index is 0.615. The third-order valence-corrected chi connectivity index (χ3v) is 2.47. The summed E-state index contributed by atoms with van der Waals surface area (Å²) in [7, 11) is 0. The summed E-state index contributed by atoms with van der Waals surface area (Å²) in [6.45, 7) is 2.94. The van der Waals surface area contributed by atoms with Crippen LogP contribution in [0.3, 0.4) is 0 Å². The first-order chi connectivity index (χ1) is 9.25. The molecule has 0 fully saturated rings. The van der Waals surface area contributed by atoms with E-state index in [0.717, 1.165) is 0 Å². The maximum Gasteiger partial charge on any atom is 0.202 e. The molecule has 0 bridgehead atoms. The van der Waals surface area contributed by atoms with Crippen molar-refractivity contribution in [3.05, 3.63) is 41.0 Å². The van der Waals surface area contributed by atoms with Gasteiger partial charge in [0, 0.05) is 11.5 Å². The van der Waals surface area contributed by atoms with Crippen LogP contribution in [0.2, 0.25) is 0 Å². The van der Waals surface area contributed by atoms with Crippen molar-refractivity contribution in [3.63, 3.8) is 0 Å². The fourth-order valence-electron chi connectivity index (χ4n) is 1.65. The van der Waals surface area contributed by atoms with E-state index in [4.69, 9.17) is 4.74 Å². The first kappa shape index (κ1) is 14.5. The molecule has 0 aliphatic rings.